The second-order valence-corrected chi connectivity index (χ2v) is 5.96. The van der Waals surface area contributed by atoms with E-state index in [1.165, 1.54) is 0 Å². The average molecular weight is 307 g/mol. The molecule has 0 bridgehead atoms. The van der Waals surface area contributed by atoms with Crippen LogP contribution in [0.15, 0.2) is 48.1 Å². The van der Waals surface area contributed by atoms with Crippen LogP contribution in [0.1, 0.15) is 10.7 Å². The predicted octanol–water partition coefficient (Wildman–Crippen LogP) is 3.25. The number of anilines is 1. The molecule has 0 unspecified atom stereocenters. The molecule has 0 radical (unpaired) electrons. The number of nitrogens with zero attached hydrogens (tertiary/aromatic N) is 3. The topological polar surface area (TPSA) is 80.5 Å². The molecule has 0 aliphatic carbocycles. The SMILES string of the molecule is Nc1cccnc1-c1ccc2n[nH]c(Cc3nccs3)c2c1. The molecule has 6 heteroatoms. The second-order valence-electron chi connectivity index (χ2n) is 4.98. The Balaban J connectivity index is 1.81. The van der Waals surface area contributed by atoms with E-state index in [9.17, 15) is 0 Å². The monoisotopic (exact) mass is 307 g/mol. The summed E-state index contributed by atoms with van der Waals surface area (Å²) in [4.78, 5) is 8.71. The number of aromatic amines is 1. The van der Waals surface area contributed by atoms with Gasteiger partial charge in [-0.05, 0) is 24.3 Å². The third-order valence-electron chi connectivity index (χ3n) is 3.56. The average Bonchev–Trinajstić information content (AvgIpc) is 3.18. The molecule has 3 N–H and O–H groups in total. The first-order chi connectivity index (χ1) is 10.8. The zero-order valence-electron chi connectivity index (χ0n) is 11.7. The lowest BCUT2D eigenvalue weighted by molar-refractivity contribution is 1.00. The Labute approximate surface area is 130 Å². The van der Waals surface area contributed by atoms with Crippen LogP contribution in [0.25, 0.3) is 22.2 Å². The highest BCUT2D eigenvalue weighted by Crippen LogP contribution is 2.28. The van der Waals surface area contributed by atoms with Crippen molar-refractivity contribution in [2.24, 2.45) is 0 Å². The molecule has 1 aromatic carbocycles. The number of nitrogens with two attached hydrogens (primary N) is 1. The van der Waals surface area contributed by atoms with Crippen molar-refractivity contribution >= 4 is 27.9 Å². The number of pyridine rings is 1. The van der Waals surface area contributed by atoms with Gasteiger partial charge < -0.3 is 5.73 Å². The molecule has 0 spiro atoms. The molecule has 108 valence electrons. The van der Waals surface area contributed by atoms with Crippen LogP contribution in [0, 0.1) is 0 Å². The predicted molar refractivity (Wildman–Crippen MR) is 88.7 cm³/mol. The van der Waals surface area contributed by atoms with Gasteiger partial charge in [-0.3, -0.25) is 10.1 Å². The van der Waals surface area contributed by atoms with E-state index in [0.29, 0.717) is 5.69 Å². The number of fused-ring (bicyclic) bond motifs is 1. The minimum atomic E-state index is 0.673. The van der Waals surface area contributed by atoms with Gasteiger partial charge in [0.15, 0.2) is 0 Å². The smallest absolute Gasteiger partial charge is 0.0984 e. The van der Waals surface area contributed by atoms with Crippen molar-refractivity contribution in [2.45, 2.75) is 6.42 Å². The van der Waals surface area contributed by atoms with Crippen molar-refractivity contribution < 1.29 is 0 Å². The maximum atomic E-state index is 6.03. The van der Waals surface area contributed by atoms with Gasteiger partial charge in [0.25, 0.3) is 0 Å². The molecule has 4 aromatic rings. The van der Waals surface area contributed by atoms with E-state index in [2.05, 4.69) is 26.2 Å². The van der Waals surface area contributed by atoms with Crippen molar-refractivity contribution in [1.29, 1.82) is 0 Å². The quantitative estimate of drug-likeness (QED) is 0.609. The Hall–Kier alpha value is -2.73. The highest BCUT2D eigenvalue weighted by atomic mass is 32.1. The molecule has 0 saturated carbocycles. The lowest BCUT2D eigenvalue weighted by Gasteiger charge is -2.04. The van der Waals surface area contributed by atoms with E-state index < -0.39 is 0 Å². The molecule has 0 amide bonds. The molecule has 0 saturated heterocycles. The van der Waals surface area contributed by atoms with Gasteiger partial charge in [-0.15, -0.1) is 11.3 Å². The van der Waals surface area contributed by atoms with E-state index in [4.69, 9.17) is 5.73 Å². The van der Waals surface area contributed by atoms with E-state index in [-0.39, 0.29) is 0 Å². The Morgan fingerprint density at radius 1 is 1.14 bits per heavy atom. The molecule has 0 aliphatic heterocycles. The lowest BCUT2D eigenvalue weighted by Crippen LogP contribution is -1.92. The van der Waals surface area contributed by atoms with Gasteiger partial charge in [-0.2, -0.15) is 5.10 Å². The highest BCUT2D eigenvalue weighted by Gasteiger charge is 2.11. The zero-order valence-corrected chi connectivity index (χ0v) is 12.5. The third-order valence-corrected chi connectivity index (χ3v) is 4.34. The molecule has 5 nitrogen and oxygen atoms in total. The van der Waals surface area contributed by atoms with Crippen LogP contribution >= 0.6 is 11.3 Å². The van der Waals surface area contributed by atoms with Crippen LogP contribution in [0.5, 0.6) is 0 Å². The summed E-state index contributed by atoms with van der Waals surface area (Å²) in [6.07, 6.45) is 4.32. The van der Waals surface area contributed by atoms with Gasteiger partial charge in [0.05, 0.1) is 21.9 Å². The van der Waals surface area contributed by atoms with Crippen LogP contribution in [-0.2, 0) is 6.42 Å². The fourth-order valence-electron chi connectivity index (χ4n) is 2.50. The van der Waals surface area contributed by atoms with Crippen LogP contribution in [-0.4, -0.2) is 20.2 Å². The van der Waals surface area contributed by atoms with Crippen molar-refractivity contribution in [2.75, 3.05) is 5.73 Å². The Morgan fingerprint density at radius 3 is 2.91 bits per heavy atom. The number of nitrogens with one attached hydrogen (secondary N) is 1. The number of thiazole rings is 1. The van der Waals surface area contributed by atoms with Crippen molar-refractivity contribution in [3.63, 3.8) is 0 Å². The van der Waals surface area contributed by atoms with E-state index >= 15 is 0 Å². The molecule has 0 fully saturated rings. The summed E-state index contributed by atoms with van der Waals surface area (Å²) in [5.41, 5.74) is 10.5. The lowest BCUT2D eigenvalue weighted by atomic mass is 10.1. The summed E-state index contributed by atoms with van der Waals surface area (Å²) in [7, 11) is 0. The van der Waals surface area contributed by atoms with Crippen LogP contribution in [0.4, 0.5) is 5.69 Å². The second kappa shape index (κ2) is 5.23. The molecular formula is C16H13N5S. The normalized spacial score (nSPS) is 11.1. The van der Waals surface area contributed by atoms with Crippen molar-refractivity contribution in [3.8, 4) is 11.3 Å². The molecule has 3 heterocycles. The van der Waals surface area contributed by atoms with Gasteiger partial charge in [-0.25, -0.2) is 4.98 Å². The fraction of sp³-hybridized carbons (Fsp3) is 0.0625. The van der Waals surface area contributed by atoms with Crippen LogP contribution < -0.4 is 5.73 Å². The van der Waals surface area contributed by atoms with E-state index in [1.807, 2.05) is 35.8 Å². The van der Waals surface area contributed by atoms with Gasteiger partial charge in [0, 0.05) is 40.8 Å². The molecule has 0 aliphatic rings. The number of hydrogen-bond donors (Lipinski definition) is 2. The van der Waals surface area contributed by atoms with Gasteiger partial charge in [0.1, 0.15) is 0 Å². The zero-order chi connectivity index (χ0) is 14.9. The molecular weight excluding hydrogens is 294 g/mol. The first-order valence-corrected chi connectivity index (χ1v) is 7.75. The first-order valence-electron chi connectivity index (χ1n) is 6.87. The maximum absolute atomic E-state index is 6.03. The third kappa shape index (κ3) is 2.23. The first kappa shape index (κ1) is 13.0. The summed E-state index contributed by atoms with van der Waals surface area (Å²) in [5.74, 6) is 0. The number of benzene rings is 1. The summed E-state index contributed by atoms with van der Waals surface area (Å²) >= 11 is 1.64. The number of H-pyrrole nitrogens is 1. The Kier molecular flexibility index (Phi) is 3.08. The van der Waals surface area contributed by atoms with Gasteiger partial charge in [-0.1, -0.05) is 6.07 Å². The number of rotatable bonds is 3. The molecule has 22 heavy (non-hydrogen) atoms. The summed E-state index contributed by atoms with van der Waals surface area (Å²) < 4.78 is 0. The van der Waals surface area contributed by atoms with Gasteiger partial charge >= 0.3 is 0 Å². The fourth-order valence-corrected chi connectivity index (χ4v) is 3.12. The van der Waals surface area contributed by atoms with Gasteiger partial charge in [0.2, 0.25) is 0 Å². The summed E-state index contributed by atoms with van der Waals surface area (Å²) in [6.45, 7) is 0. The summed E-state index contributed by atoms with van der Waals surface area (Å²) in [5, 5.41) is 11.6. The number of aromatic nitrogens is 4. The number of nitrogen functional groups attached to an aromatic ring is 1. The molecule has 0 atom stereocenters. The van der Waals surface area contributed by atoms with Crippen LogP contribution in [0.2, 0.25) is 0 Å². The van der Waals surface area contributed by atoms with Crippen LogP contribution in [0.3, 0.4) is 0 Å². The van der Waals surface area contributed by atoms with E-state index in [1.54, 1.807) is 17.5 Å². The minimum Gasteiger partial charge on any atom is -0.397 e. The van der Waals surface area contributed by atoms with Crippen molar-refractivity contribution in [3.05, 3.63) is 58.8 Å². The maximum Gasteiger partial charge on any atom is 0.0984 e. The van der Waals surface area contributed by atoms with E-state index in [0.717, 1.165) is 39.3 Å². The molecule has 3 aromatic heterocycles. The standard InChI is InChI=1S/C16H13N5S/c17-12-2-1-5-19-16(12)10-3-4-13-11(8-10)14(21-20-13)9-15-18-6-7-22-15/h1-8H,9,17H2,(H,20,21). The Morgan fingerprint density at radius 2 is 2.09 bits per heavy atom. The highest BCUT2D eigenvalue weighted by molar-refractivity contribution is 7.09. The number of hydrogen-bond acceptors (Lipinski definition) is 5. The van der Waals surface area contributed by atoms with Crippen molar-refractivity contribution in [1.82, 2.24) is 20.2 Å². The summed E-state index contributed by atoms with van der Waals surface area (Å²) in [6, 6.07) is 9.76. The Bertz CT molecular complexity index is 927. The minimum absolute atomic E-state index is 0.673. The molecule has 4 rings (SSSR count). The largest absolute Gasteiger partial charge is 0.397 e.